The molecular formula is C24H32O5. The third-order valence-electron chi connectivity index (χ3n) is 6.39. The van der Waals surface area contributed by atoms with Gasteiger partial charge in [-0.05, 0) is 57.1 Å². The van der Waals surface area contributed by atoms with Crippen molar-refractivity contribution in [2.45, 2.75) is 76.3 Å². The zero-order valence-electron chi connectivity index (χ0n) is 17.2. The highest BCUT2D eigenvalue weighted by Crippen LogP contribution is 2.52. The summed E-state index contributed by atoms with van der Waals surface area (Å²) in [5.74, 6) is 1.06. The van der Waals surface area contributed by atoms with Gasteiger partial charge in [-0.2, -0.15) is 0 Å². The molecule has 1 saturated carbocycles. The van der Waals surface area contributed by atoms with Gasteiger partial charge in [0.1, 0.15) is 18.1 Å². The molecule has 5 heteroatoms. The smallest absolute Gasteiger partial charge is 0.157 e. The maximum atomic E-state index is 10.8. The van der Waals surface area contributed by atoms with Gasteiger partial charge in [-0.15, -0.1) is 0 Å². The van der Waals surface area contributed by atoms with Crippen LogP contribution in [0.5, 0.6) is 5.75 Å². The van der Waals surface area contributed by atoms with E-state index in [4.69, 9.17) is 14.2 Å². The Morgan fingerprint density at radius 3 is 2.97 bits per heavy atom. The molecule has 3 unspecified atom stereocenters. The molecule has 1 aliphatic carbocycles. The molecule has 5 atom stereocenters. The van der Waals surface area contributed by atoms with Crippen LogP contribution in [0.3, 0.4) is 0 Å². The number of benzene rings is 1. The highest BCUT2D eigenvalue weighted by atomic mass is 16.7. The van der Waals surface area contributed by atoms with E-state index in [0.29, 0.717) is 6.42 Å². The Labute approximate surface area is 173 Å². The molecule has 1 saturated heterocycles. The van der Waals surface area contributed by atoms with Crippen molar-refractivity contribution in [1.82, 2.24) is 0 Å². The summed E-state index contributed by atoms with van der Waals surface area (Å²) in [5, 5.41) is 10.4. The Morgan fingerprint density at radius 1 is 1.28 bits per heavy atom. The Hall–Kier alpha value is -1.69. The minimum absolute atomic E-state index is 0.00589. The molecule has 158 valence electrons. The molecule has 0 bridgehead atoms. The summed E-state index contributed by atoms with van der Waals surface area (Å²) in [7, 11) is 0. The number of ether oxygens (including phenoxy) is 3. The minimum atomic E-state index is -0.461. The number of carbonyl (C=O) groups is 1. The van der Waals surface area contributed by atoms with Gasteiger partial charge in [0.05, 0.1) is 6.10 Å². The maximum Gasteiger partial charge on any atom is 0.157 e. The predicted molar refractivity (Wildman–Crippen MR) is 110 cm³/mol. The van der Waals surface area contributed by atoms with Crippen LogP contribution >= 0.6 is 0 Å². The third-order valence-corrected chi connectivity index (χ3v) is 6.39. The van der Waals surface area contributed by atoms with E-state index in [1.165, 1.54) is 29.2 Å². The number of fused-ring (bicyclic) bond motifs is 3. The molecule has 2 fully saturated rings. The van der Waals surface area contributed by atoms with Crippen molar-refractivity contribution in [2.75, 3.05) is 13.2 Å². The van der Waals surface area contributed by atoms with E-state index in [1.807, 2.05) is 6.08 Å². The number of unbranched alkanes of at least 4 members (excludes halogenated alkanes) is 1. The van der Waals surface area contributed by atoms with Gasteiger partial charge in [0.2, 0.25) is 0 Å². The second-order valence-electron chi connectivity index (χ2n) is 8.55. The highest BCUT2D eigenvalue weighted by Gasteiger charge is 2.49. The van der Waals surface area contributed by atoms with E-state index in [-0.39, 0.29) is 24.2 Å². The van der Waals surface area contributed by atoms with Crippen LogP contribution < -0.4 is 4.74 Å². The fraction of sp³-hybridized carbons (Fsp3) is 0.625. The van der Waals surface area contributed by atoms with E-state index in [9.17, 15) is 9.90 Å². The number of aldehydes is 1. The van der Waals surface area contributed by atoms with E-state index in [0.717, 1.165) is 57.4 Å². The molecule has 5 nitrogen and oxygen atoms in total. The summed E-state index contributed by atoms with van der Waals surface area (Å²) in [6.07, 6.45) is 10.6. The van der Waals surface area contributed by atoms with Gasteiger partial charge in [-0.1, -0.05) is 23.8 Å². The van der Waals surface area contributed by atoms with E-state index < -0.39 is 6.10 Å². The molecule has 0 radical (unpaired) electrons. The molecule has 3 aliphatic rings. The molecular weight excluding hydrogens is 368 g/mol. The summed E-state index contributed by atoms with van der Waals surface area (Å²) in [6.45, 7) is 3.66. The molecule has 0 amide bonds. The Bertz CT molecular complexity index is 737. The van der Waals surface area contributed by atoms with Crippen molar-refractivity contribution >= 4 is 6.29 Å². The number of rotatable bonds is 8. The lowest BCUT2D eigenvalue weighted by Gasteiger charge is -2.22. The number of aliphatic hydroxyl groups excluding tert-OH is 1. The van der Waals surface area contributed by atoms with Gasteiger partial charge < -0.3 is 19.3 Å². The molecule has 1 N–H and O–H groups in total. The van der Waals surface area contributed by atoms with Crippen LogP contribution in [0.15, 0.2) is 24.3 Å². The molecule has 2 aliphatic heterocycles. The second kappa shape index (κ2) is 9.41. The number of aryl methyl sites for hydroxylation is 2. The first-order valence-electron chi connectivity index (χ1n) is 11.0. The lowest BCUT2D eigenvalue weighted by Crippen LogP contribution is -2.22. The molecule has 2 heterocycles. The van der Waals surface area contributed by atoms with Gasteiger partial charge >= 0.3 is 0 Å². The fourth-order valence-corrected chi connectivity index (χ4v) is 5.06. The quantitative estimate of drug-likeness (QED) is 0.408. The van der Waals surface area contributed by atoms with Crippen molar-refractivity contribution in [3.63, 3.8) is 0 Å². The molecule has 1 aromatic carbocycles. The largest absolute Gasteiger partial charge is 0.489 e. The predicted octanol–water partition coefficient (Wildman–Crippen LogP) is 3.84. The van der Waals surface area contributed by atoms with Gasteiger partial charge in [0.15, 0.2) is 6.29 Å². The summed E-state index contributed by atoms with van der Waals surface area (Å²) in [5.41, 5.74) is 3.65. The first-order chi connectivity index (χ1) is 14.2. The van der Waals surface area contributed by atoms with Gasteiger partial charge in [0, 0.05) is 37.0 Å². The van der Waals surface area contributed by atoms with Crippen molar-refractivity contribution in [2.24, 2.45) is 5.92 Å². The summed E-state index contributed by atoms with van der Waals surface area (Å²) >= 11 is 0. The Kier molecular flexibility index (Phi) is 6.68. The van der Waals surface area contributed by atoms with Crippen LogP contribution in [0.25, 0.3) is 0 Å². The molecule has 29 heavy (non-hydrogen) atoms. The van der Waals surface area contributed by atoms with Crippen LogP contribution in [-0.4, -0.2) is 43.1 Å². The SMILES string of the molecule is Cc1cc(CCCCOC2CCCCO2)c2c(c1)[C@H]1C(C=CC=O)C(O)C[C@H]1O2. The zero-order valence-corrected chi connectivity index (χ0v) is 17.2. The van der Waals surface area contributed by atoms with Crippen LogP contribution in [-0.2, 0) is 20.7 Å². The fourth-order valence-electron chi connectivity index (χ4n) is 5.06. The maximum absolute atomic E-state index is 10.8. The normalized spacial score (nSPS) is 30.9. The number of allylic oxidation sites excluding steroid dienone is 1. The lowest BCUT2D eigenvalue weighted by molar-refractivity contribution is -0.162. The average molecular weight is 401 g/mol. The molecule has 0 aromatic heterocycles. The number of aliphatic hydroxyl groups is 1. The van der Waals surface area contributed by atoms with Crippen LogP contribution in [0, 0.1) is 12.8 Å². The number of carbonyl (C=O) groups excluding carboxylic acids is 1. The summed E-state index contributed by atoms with van der Waals surface area (Å²) in [4.78, 5) is 10.8. The van der Waals surface area contributed by atoms with Gasteiger partial charge in [-0.25, -0.2) is 0 Å². The van der Waals surface area contributed by atoms with E-state index >= 15 is 0 Å². The van der Waals surface area contributed by atoms with Crippen LogP contribution in [0.2, 0.25) is 0 Å². The van der Waals surface area contributed by atoms with Crippen LogP contribution in [0.4, 0.5) is 0 Å². The Morgan fingerprint density at radius 2 is 2.17 bits per heavy atom. The third kappa shape index (κ3) is 4.57. The van der Waals surface area contributed by atoms with Crippen LogP contribution in [0.1, 0.15) is 61.1 Å². The number of hydrogen-bond acceptors (Lipinski definition) is 5. The average Bonchev–Trinajstić information content (AvgIpc) is 3.22. The molecule has 0 spiro atoms. The Balaban J connectivity index is 1.38. The van der Waals surface area contributed by atoms with E-state index in [1.54, 1.807) is 0 Å². The van der Waals surface area contributed by atoms with Gasteiger partial charge in [0.25, 0.3) is 0 Å². The lowest BCUT2D eigenvalue weighted by atomic mass is 9.85. The monoisotopic (exact) mass is 400 g/mol. The topological polar surface area (TPSA) is 65.0 Å². The number of hydrogen-bond donors (Lipinski definition) is 1. The molecule has 1 aromatic rings. The summed E-state index contributed by atoms with van der Waals surface area (Å²) < 4.78 is 17.8. The summed E-state index contributed by atoms with van der Waals surface area (Å²) in [6, 6.07) is 4.41. The standard InChI is InChI=1S/C24H32O5/c1-16-13-17(7-2-4-11-27-22-9-3-5-12-28-22)24-19(14-16)23-18(8-6-10-25)20(26)15-21(23)29-24/h6,8,10,13-14,18,20-23,26H,2-5,7,9,11-12,15H2,1H3/t18?,20?,21-,22?,23-/m1/s1. The first-order valence-corrected chi connectivity index (χ1v) is 11.0. The van der Waals surface area contributed by atoms with Crippen molar-refractivity contribution in [3.05, 3.63) is 41.0 Å². The van der Waals surface area contributed by atoms with Crippen molar-refractivity contribution in [1.29, 1.82) is 0 Å². The molecule has 4 rings (SSSR count). The highest BCUT2D eigenvalue weighted by molar-refractivity contribution is 5.65. The first kappa shape index (κ1) is 20.6. The second-order valence-corrected chi connectivity index (χ2v) is 8.55. The zero-order chi connectivity index (χ0) is 20.2. The van der Waals surface area contributed by atoms with Crippen molar-refractivity contribution < 1.29 is 24.1 Å². The van der Waals surface area contributed by atoms with Crippen molar-refractivity contribution in [3.8, 4) is 5.75 Å². The van der Waals surface area contributed by atoms with E-state index in [2.05, 4.69) is 19.1 Å². The van der Waals surface area contributed by atoms with Gasteiger partial charge in [-0.3, -0.25) is 4.79 Å². The minimum Gasteiger partial charge on any atom is -0.489 e.